The van der Waals surface area contributed by atoms with Gasteiger partial charge in [0.1, 0.15) is 23.0 Å². The minimum atomic E-state index is -0.187. The topological polar surface area (TPSA) is 66.0 Å². The van der Waals surface area contributed by atoms with Crippen LogP contribution in [0.5, 0.6) is 5.75 Å². The molecule has 12 rings (SSSR count). The zero-order valence-electron chi connectivity index (χ0n) is 29.7. The molecule has 9 aromatic rings. The molecule has 2 aliphatic carbocycles. The Hall–Kier alpha value is -7.05. The van der Waals surface area contributed by atoms with Crippen molar-refractivity contribution in [2.24, 2.45) is 0 Å². The van der Waals surface area contributed by atoms with Crippen LogP contribution < -0.4 is 4.74 Å². The van der Waals surface area contributed by atoms with Crippen LogP contribution in [-0.4, -0.2) is 25.6 Å². The number of furan rings is 1. The van der Waals surface area contributed by atoms with Crippen molar-refractivity contribution in [2.45, 2.75) is 24.9 Å². The Morgan fingerprint density at radius 2 is 1.42 bits per heavy atom. The van der Waals surface area contributed by atoms with Crippen LogP contribution in [0.15, 0.2) is 162 Å². The van der Waals surface area contributed by atoms with Gasteiger partial charge in [0.2, 0.25) is 0 Å². The van der Waals surface area contributed by atoms with Crippen molar-refractivity contribution in [1.29, 1.82) is 0 Å². The monoisotopic (exact) mass is 708 g/mol. The Kier molecular flexibility index (Phi) is 6.48. The highest BCUT2D eigenvalue weighted by Crippen LogP contribution is 2.51. The molecule has 0 saturated carbocycles. The van der Waals surface area contributed by atoms with E-state index in [0.29, 0.717) is 17.5 Å². The molecule has 55 heavy (non-hydrogen) atoms. The van der Waals surface area contributed by atoms with E-state index in [-0.39, 0.29) is 12.0 Å². The second-order valence-electron chi connectivity index (χ2n) is 14.6. The number of nitrogens with zero attached hydrogens (tertiary/aromatic N) is 4. The molecule has 0 amide bonds. The standard InChI is InChI=1S/C49H32N4O2/c1-2-12-29(13-3-1)47-50-48(32-24-25-35-34-17-7-9-21-41(34)54-44(35)28-32)52-49(51-47)36-18-10-22-42-45(36)46-39(20-11-23-43(46)55-42)53-38-19-8-6-16-33(38)37-26-30-14-4-5-15-31(30)27-40(37)53/h2,4-28,43,46H,1,3H2. The first-order chi connectivity index (χ1) is 27.2. The molecular weight excluding hydrogens is 677 g/mol. The fourth-order valence-corrected chi connectivity index (χ4v) is 8.92. The molecule has 6 aromatic carbocycles. The number of rotatable bonds is 4. The molecule has 4 heterocycles. The summed E-state index contributed by atoms with van der Waals surface area (Å²) in [6.45, 7) is 0. The normalized spacial score (nSPS) is 17.5. The predicted octanol–water partition coefficient (Wildman–Crippen LogP) is 12.1. The van der Waals surface area contributed by atoms with Gasteiger partial charge in [-0.15, -0.1) is 0 Å². The highest BCUT2D eigenvalue weighted by atomic mass is 16.5. The number of allylic oxidation sites excluding steroid dienone is 6. The molecular formula is C49H32N4O2. The second-order valence-corrected chi connectivity index (χ2v) is 14.6. The summed E-state index contributed by atoms with van der Waals surface area (Å²) in [5.74, 6) is 2.62. The van der Waals surface area contributed by atoms with Crippen LogP contribution in [0.2, 0.25) is 0 Å². The molecule has 6 heteroatoms. The molecule has 0 bridgehead atoms. The Morgan fingerprint density at radius 3 is 2.33 bits per heavy atom. The van der Waals surface area contributed by atoms with Crippen LogP contribution in [0.25, 0.3) is 88.6 Å². The van der Waals surface area contributed by atoms with Gasteiger partial charge in [-0.1, -0.05) is 103 Å². The van der Waals surface area contributed by atoms with Crippen LogP contribution >= 0.6 is 0 Å². The van der Waals surface area contributed by atoms with Gasteiger partial charge in [0.25, 0.3) is 0 Å². The Bertz CT molecular complexity index is 3210. The van der Waals surface area contributed by atoms with Crippen LogP contribution in [0.1, 0.15) is 30.1 Å². The van der Waals surface area contributed by atoms with Crippen molar-refractivity contribution >= 4 is 65.8 Å². The smallest absolute Gasteiger partial charge is 0.164 e. The Balaban J connectivity index is 1.06. The summed E-state index contributed by atoms with van der Waals surface area (Å²) in [6, 6.07) is 42.6. The first kappa shape index (κ1) is 30.4. The van der Waals surface area contributed by atoms with Gasteiger partial charge in [-0.3, -0.25) is 0 Å². The number of ether oxygens (including phenoxy) is 1. The molecule has 0 spiro atoms. The van der Waals surface area contributed by atoms with Gasteiger partial charge in [-0.25, -0.2) is 15.0 Å². The maximum absolute atomic E-state index is 6.79. The quantitative estimate of drug-likeness (QED) is 0.182. The average Bonchev–Trinajstić information content (AvgIpc) is 3.92. The molecule has 0 N–H and O–H groups in total. The van der Waals surface area contributed by atoms with Crippen LogP contribution in [0, 0.1) is 0 Å². The molecule has 260 valence electrons. The SMILES string of the molecule is C1=CC2Oc3cccc(-c4nc(C5=CCCC=C5)nc(-c5ccc6c(c5)oc5ccccc56)n4)c3C2C(n2c3ccccc3c3cc4ccccc4cc32)=C1. The zero-order valence-corrected chi connectivity index (χ0v) is 29.7. The van der Waals surface area contributed by atoms with Crippen LogP contribution in [-0.2, 0) is 0 Å². The lowest BCUT2D eigenvalue weighted by Gasteiger charge is -2.26. The van der Waals surface area contributed by atoms with E-state index in [1.165, 1.54) is 32.6 Å². The van der Waals surface area contributed by atoms with Crippen molar-refractivity contribution in [3.8, 4) is 28.5 Å². The first-order valence-corrected chi connectivity index (χ1v) is 18.9. The summed E-state index contributed by atoms with van der Waals surface area (Å²) in [6.07, 6.45) is 14.9. The fourth-order valence-electron chi connectivity index (χ4n) is 8.92. The summed E-state index contributed by atoms with van der Waals surface area (Å²) in [4.78, 5) is 15.6. The second kappa shape index (κ2) is 11.7. The lowest BCUT2D eigenvalue weighted by atomic mass is 9.85. The Labute approximate surface area is 316 Å². The van der Waals surface area contributed by atoms with E-state index in [9.17, 15) is 0 Å². The van der Waals surface area contributed by atoms with E-state index < -0.39 is 0 Å². The van der Waals surface area contributed by atoms with Gasteiger partial charge < -0.3 is 13.7 Å². The summed E-state index contributed by atoms with van der Waals surface area (Å²) in [5.41, 5.74) is 9.06. The van der Waals surface area contributed by atoms with Crippen molar-refractivity contribution in [1.82, 2.24) is 19.5 Å². The molecule has 2 unspecified atom stereocenters. The van der Waals surface area contributed by atoms with Crippen molar-refractivity contribution in [3.63, 3.8) is 0 Å². The van der Waals surface area contributed by atoms with Gasteiger partial charge in [-0.2, -0.15) is 0 Å². The maximum atomic E-state index is 6.79. The maximum Gasteiger partial charge on any atom is 0.164 e. The van der Waals surface area contributed by atoms with Gasteiger partial charge in [0.15, 0.2) is 17.5 Å². The number of benzene rings is 6. The molecule has 0 saturated heterocycles. The lowest BCUT2D eigenvalue weighted by molar-refractivity contribution is 0.270. The van der Waals surface area contributed by atoms with Gasteiger partial charge in [0.05, 0.1) is 17.0 Å². The van der Waals surface area contributed by atoms with Crippen molar-refractivity contribution in [2.75, 3.05) is 0 Å². The van der Waals surface area contributed by atoms with E-state index in [2.05, 4.69) is 144 Å². The number of para-hydroxylation sites is 2. The van der Waals surface area contributed by atoms with E-state index in [0.717, 1.165) is 68.5 Å². The van der Waals surface area contributed by atoms with Crippen molar-refractivity contribution in [3.05, 3.63) is 169 Å². The third kappa shape index (κ3) is 4.64. The summed E-state index contributed by atoms with van der Waals surface area (Å²) in [5, 5.41) is 7.06. The number of aromatic nitrogens is 4. The Morgan fingerprint density at radius 1 is 0.618 bits per heavy atom. The molecule has 0 fully saturated rings. The molecule has 2 atom stereocenters. The zero-order chi connectivity index (χ0) is 36.0. The van der Waals surface area contributed by atoms with Gasteiger partial charge in [0, 0.05) is 49.5 Å². The first-order valence-electron chi connectivity index (χ1n) is 18.9. The largest absolute Gasteiger partial charge is 0.485 e. The van der Waals surface area contributed by atoms with Crippen molar-refractivity contribution < 1.29 is 9.15 Å². The molecule has 0 radical (unpaired) electrons. The van der Waals surface area contributed by atoms with E-state index in [1.807, 2.05) is 18.2 Å². The highest BCUT2D eigenvalue weighted by molar-refractivity contribution is 6.14. The fraction of sp³-hybridized carbons (Fsp3) is 0.0816. The highest BCUT2D eigenvalue weighted by Gasteiger charge is 2.41. The molecule has 3 aromatic heterocycles. The number of hydrogen-bond acceptors (Lipinski definition) is 5. The molecule has 3 aliphatic rings. The minimum absolute atomic E-state index is 0.106. The van der Waals surface area contributed by atoms with Crippen LogP contribution in [0.3, 0.4) is 0 Å². The minimum Gasteiger partial charge on any atom is -0.485 e. The lowest BCUT2D eigenvalue weighted by Crippen LogP contribution is -2.22. The average molecular weight is 709 g/mol. The number of hydrogen-bond donors (Lipinski definition) is 0. The summed E-state index contributed by atoms with van der Waals surface area (Å²) < 4.78 is 15.5. The third-order valence-electron chi connectivity index (χ3n) is 11.4. The molecule has 1 aliphatic heterocycles. The van der Waals surface area contributed by atoms with E-state index in [1.54, 1.807) is 0 Å². The van der Waals surface area contributed by atoms with Crippen LogP contribution in [0.4, 0.5) is 0 Å². The van der Waals surface area contributed by atoms with E-state index >= 15 is 0 Å². The van der Waals surface area contributed by atoms with Gasteiger partial charge >= 0.3 is 0 Å². The number of fused-ring (bicyclic) bond motifs is 10. The van der Waals surface area contributed by atoms with Gasteiger partial charge in [-0.05, 0) is 78.2 Å². The summed E-state index contributed by atoms with van der Waals surface area (Å²) in [7, 11) is 0. The predicted molar refractivity (Wildman–Crippen MR) is 222 cm³/mol. The molecule has 6 nitrogen and oxygen atoms in total. The van der Waals surface area contributed by atoms with E-state index in [4.69, 9.17) is 24.1 Å². The summed E-state index contributed by atoms with van der Waals surface area (Å²) >= 11 is 0. The third-order valence-corrected chi connectivity index (χ3v) is 11.4.